The van der Waals surface area contributed by atoms with Gasteiger partial charge >= 0.3 is 0 Å². The van der Waals surface area contributed by atoms with Crippen LogP contribution in [0.3, 0.4) is 0 Å². The lowest BCUT2D eigenvalue weighted by atomic mass is 10.1. The Balaban J connectivity index is 3.45. The highest BCUT2D eigenvalue weighted by Gasteiger charge is 1.97. The fourth-order valence-corrected chi connectivity index (χ4v) is 4.41. The molecule has 0 aromatic carbocycles. The molecule has 0 aliphatic heterocycles. The summed E-state index contributed by atoms with van der Waals surface area (Å²) in [5.41, 5.74) is 0. The molecule has 0 atom stereocenters. The maximum absolute atomic E-state index is 11.8. The molecule has 0 saturated heterocycles. The molecule has 0 aromatic heterocycles. The minimum absolute atomic E-state index is 0.0897. The summed E-state index contributed by atoms with van der Waals surface area (Å²) in [4.78, 5) is 23.7. The number of carbonyl (C=O) groups is 2. The average Bonchev–Trinajstić information content (AvgIpc) is 2.88. The van der Waals surface area contributed by atoms with Crippen LogP contribution in [0.1, 0.15) is 155 Å². The van der Waals surface area contributed by atoms with E-state index in [2.05, 4.69) is 24.5 Å². The minimum Gasteiger partial charge on any atom is -0.353 e. The summed E-state index contributed by atoms with van der Waals surface area (Å²) in [6.07, 6.45) is 35.0. The van der Waals surface area contributed by atoms with E-state index in [-0.39, 0.29) is 11.8 Å². The van der Waals surface area contributed by atoms with E-state index in [1.165, 1.54) is 141 Å². The second-order valence-corrected chi connectivity index (χ2v) is 10.4. The van der Waals surface area contributed by atoms with Gasteiger partial charge in [0.2, 0.25) is 11.8 Å². The number of amides is 2. The summed E-state index contributed by atoms with van der Waals surface area (Å²) in [5.74, 6) is -0.179. The molecule has 0 spiro atoms. The molecule has 0 fully saturated rings. The highest BCUT2D eigenvalue weighted by atomic mass is 16.2. The molecule has 4 heteroatoms. The second-order valence-electron chi connectivity index (χ2n) is 10.4. The normalized spacial score (nSPS) is 11.5. The van der Waals surface area contributed by atoms with Crippen molar-refractivity contribution in [2.24, 2.45) is 0 Å². The Kier molecular flexibility index (Phi) is 28.3. The van der Waals surface area contributed by atoms with Crippen LogP contribution in [0.5, 0.6) is 0 Å². The van der Waals surface area contributed by atoms with Gasteiger partial charge in [0.15, 0.2) is 0 Å². The predicted octanol–water partition coefficient (Wildman–Crippen LogP) is 8.95. The van der Waals surface area contributed by atoms with E-state index >= 15 is 0 Å². The topological polar surface area (TPSA) is 58.2 Å². The van der Waals surface area contributed by atoms with Gasteiger partial charge in [-0.1, -0.05) is 154 Å². The predicted molar refractivity (Wildman–Crippen MR) is 157 cm³/mol. The molecule has 0 bridgehead atoms. The monoisotopic (exact) mass is 504 g/mol. The summed E-state index contributed by atoms with van der Waals surface area (Å²) >= 11 is 0. The summed E-state index contributed by atoms with van der Waals surface area (Å²) < 4.78 is 0. The molecular weight excluding hydrogens is 444 g/mol. The van der Waals surface area contributed by atoms with Crippen molar-refractivity contribution in [3.05, 3.63) is 24.3 Å². The Hall–Kier alpha value is -1.58. The first-order valence-electron chi connectivity index (χ1n) is 15.6. The van der Waals surface area contributed by atoms with Crippen LogP contribution < -0.4 is 10.6 Å². The van der Waals surface area contributed by atoms with E-state index in [1.54, 1.807) is 12.2 Å². The molecule has 0 aliphatic carbocycles. The lowest BCUT2D eigenvalue weighted by Crippen LogP contribution is -2.22. The second kappa shape index (κ2) is 29.6. The third kappa shape index (κ3) is 28.7. The summed E-state index contributed by atoms with van der Waals surface area (Å²) in [6, 6.07) is 0. The summed E-state index contributed by atoms with van der Waals surface area (Å²) in [6.45, 7) is 5.97. The fraction of sp³-hybridized carbons (Fsp3) is 0.812. The third-order valence-electron chi connectivity index (χ3n) is 6.77. The van der Waals surface area contributed by atoms with Crippen molar-refractivity contribution in [2.75, 3.05) is 13.1 Å². The highest BCUT2D eigenvalue weighted by Crippen LogP contribution is 2.12. The molecule has 2 N–H and O–H groups in total. The van der Waals surface area contributed by atoms with Crippen molar-refractivity contribution in [3.63, 3.8) is 0 Å². The van der Waals surface area contributed by atoms with Crippen LogP contribution in [0, 0.1) is 0 Å². The van der Waals surface area contributed by atoms with Gasteiger partial charge in [-0.05, 0) is 12.8 Å². The van der Waals surface area contributed by atoms with E-state index in [1.807, 2.05) is 0 Å². The van der Waals surface area contributed by atoms with E-state index in [0.29, 0.717) is 0 Å². The Morgan fingerprint density at radius 1 is 0.417 bits per heavy atom. The van der Waals surface area contributed by atoms with Crippen LogP contribution in [0.2, 0.25) is 0 Å². The van der Waals surface area contributed by atoms with Gasteiger partial charge in [-0.3, -0.25) is 9.59 Å². The van der Waals surface area contributed by atoms with E-state index < -0.39 is 0 Å². The minimum atomic E-state index is -0.0897. The van der Waals surface area contributed by atoms with Crippen LogP contribution in [0.15, 0.2) is 24.3 Å². The molecular formula is C32H60N2O2. The lowest BCUT2D eigenvalue weighted by molar-refractivity contribution is -0.117. The highest BCUT2D eigenvalue weighted by molar-refractivity contribution is 5.89. The first-order chi connectivity index (χ1) is 17.7. The van der Waals surface area contributed by atoms with Crippen molar-refractivity contribution < 1.29 is 9.59 Å². The molecule has 0 saturated carbocycles. The molecule has 0 aromatic rings. The molecule has 4 nitrogen and oxygen atoms in total. The average molecular weight is 505 g/mol. The lowest BCUT2D eigenvalue weighted by Gasteiger charge is -2.04. The first-order valence-corrected chi connectivity index (χ1v) is 15.6. The van der Waals surface area contributed by atoms with Gasteiger partial charge in [0.1, 0.15) is 0 Å². The molecule has 210 valence electrons. The quantitative estimate of drug-likeness (QED) is 0.0666. The summed E-state index contributed by atoms with van der Waals surface area (Å²) in [5, 5.41) is 5.84. The fourth-order valence-electron chi connectivity index (χ4n) is 4.41. The maximum Gasteiger partial charge on any atom is 0.243 e. The molecule has 0 aliphatic rings. The molecule has 0 unspecified atom stereocenters. The maximum atomic E-state index is 11.8. The molecule has 36 heavy (non-hydrogen) atoms. The summed E-state index contributed by atoms with van der Waals surface area (Å²) in [7, 11) is 0. The van der Waals surface area contributed by atoms with Crippen molar-refractivity contribution in [1.82, 2.24) is 10.6 Å². The third-order valence-corrected chi connectivity index (χ3v) is 6.77. The molecule has 0 radical (unpaired) electrons. The molecule has 0 heterocycles. The number of carbonyl (C=O) groups excluding carboxylic acids is 2. The largest absolute Gasteiger partial charge is 0.353 e. The van der Waals surface area contributed by atoms with Crippen LogP contribution in [-0.4, -0.2) is 24.9 Å². The zero-order valence-corrected chi connectivity index (χ0v) is 24.1. The number of hydrogen-bond donors (Lipinski definition) is 2. The molecule has 0 rings (SSSR count). The van der Waals surface area contributed by atoms with Crippen LogP contribution in [-0.2, 0) is 9.59 Å². The van der Waals surface area contributed by atoms with E-state index in [4.69, 9.17) is 0 Å². The number of nitrogens with one attached hydrogen (secondary N) is 2. The van der Waals surface area contributed by atoms with Gasteiger partial charge in [0.05, 0.1) is 0 Å². The Labute approximate surface area is 224 Å². The molecule has 2 amide bonds. The zero-order chi connectivity index (χ0) is 26.4. The van der Waals surface area contributed by atoms with Crippen molar-refractivity contribution in [1.29, 1.82) is 0 Å². The number of rotatable bonds is 27. The SMILES string of the molecule is CCCCCCCCCCCCCNC(=O)/C=C\C=C/C(=O)NCCCCCCCCCCCCC. The Bertz CT molecular complexity index is 494. The zero-order valence-electron chi connectivity index (χ0n) is 24.1. The van der Waals surface area contributed by atoms with Crippen LogP contribution in [0.25, 0.3) is 0 Å². The van der Waals surface area contributed by atoms with Gasteiger partial charge < -0.3 is 10.6 Å². The van der Waals surface area contributed by atoms with Crippen molar-refractivity contribution in [2.45, 2.75) is 155 Å². The van der Waals surface area contributed by atoms with Gasteiger partial charge in [-0.25, -0.2) is 0 Å². The van der Waals surface area contributed by atoms with Gasteiger partial charge in [-0.2, -0.15) is 0 Å². The van der Waals surface area contributed by atoms with Crippen molar-refractivity contribution >= 4 is 11.8 Å². The number of hydrogen-bond acceptors (Lipinski definition) is 2. The Morgan fingerprint density at radius 3 is 0.944 bits per heavy atom. The van der Waals surface area contributed by atoms with Gasteiger partial charge in [-0.15, -0.1) is 0 Å². The van der Waals surface area contributed by atoms with Crippen LogP contribution in [0.4, 0.5) is 0 Å². The van der Waals surface area contributed by atoms with Crippen molar-refractivity contribution in [3.8, 4) is 0 Å². The first kappa shape index (κ1) is 34.4. The van der Waals surface area contributed by atoms with Gasteiger partial charge in [0, 0.05) is 25.2 Å². The van der Waals surface area contributed by atoms with E-state index in [9.17, 15) is 9.59 Å². The van der Waals surface area contributed by atoms with Gasteiger partial charge in [0.25, 0.3) is 0 Å². The van der Waals surface area contributed by atoms with E-state index in [0.717, 1.165) is 25.9 Å². The standard InChI is InChI=1S/C32H60N2O2/c1-3-5-7-9-11-13-15-17-19-21-25-29-33-31(35)27-23-24-28-32(36)34-30-26-22-20-18-16-14-12-10-8-6-4-2/h23-24,27-28H,3-22,25-26,29-30H2,1-2H3,(H,33,35)(H,34,36)/b27-23-,28-24-. The smallest absolute Gasteiger partial charge is 0.243 e. The number of unbranched alkanes of at least 4 members (excludes halogenated alkanes) is 20. The van der Waals surface area contributed by atoms with Crippen LogP contribution >= 0.6 is 0 Å². The number of allylic oxidation sites excluding steroid dienone is 2. The Morgan fingerprint density at radius 2 is 0.667 bits per heavy atom.